The maximum atomic E-state index is 12.8. The van der Waals surface area contributed by atoms with Gasteiger partial charge in [0.2, 0.25) is 0 Å². The van der Waals surface area contributed by atoms with Crippen molar-refractivity contribution in [2.24, 2.45) is 0 Å². The summed E-state index contributed by atoms with van der Waals surface area (Å²) in [5.74, 6) is -1.61. The lowest BCUT2D eigenvalue weighted by molar-refractivity contribution is -0.160. The predicted molar refractivity (Wildman–Crippen MR) is 270 cm³/mol. The van der Waals surface area contributed by atoms with Gasteiger partial charge in [-0.15, -0.1) is 0 Å². The Bertz CT molecular complexity index is 1340. The van der Waals surface area contributed by atoms with Gasteiger partial charge < -0.3 is 24.2 Å². The van der Waals surface area contributed by atoms with Crippen molar-refractivity contribution >= 4 is 25.7 Å². The van der Waals surface area contributed by atoms with Gasteiger partial charge in [0.05, 0.1) is 26.2 Å². The van der Waals surface area contributed by atoms with E-state index in [4.69, 9.17) is 23.3 Å². The van der Waals surface area contributed by atoms with Crippen LogP contribution in [-0.4, -0.2) is 66.5 Å². The molecule has 3 atom stereocenters. The SMILES string of the molecule is CC/C=C\C/C=C\C/C=C\C/C=C\C/C=C\CC(=O)OC(COC(=O)CCCCCCCCCCCCC)COP(=O)(O)OCC(CO)OC(=O)CCCCCCCCCCCCCCC. The Labute approximate surface area is 402 Å². The van der Waals surface area contributed by atoms with E-state index >= 15 is 0 Å². The van der Waals surface area contributed by atoms with Crippen molar-refractivity contribution in [1.82, 2.24) is 0 Å². The van der Waals surface area contributed by atoms with Crippen LogP contribution in [0.15, 0.2) is 60.8 Å². The standard InChI is InChI=1S/C54H95O11P/c1-4-7-10-13-16-19-22-24-25-27-30-33-36-39-42-45-54(58)65-51(47-61-52(56)43-40-37-34-31-28-21-18-15-12-9-6-3)49-63-66(59,60)62-48-50(46-55)64-53(57)44-41-38-35-32-29-26-23-20-17-14-11-8-5-2/h7,10,16,19,24-25,30,33,39,42,50-51,55H,4-6,8-9,11-15,17-18,20-23,26-29,31-32,34-38,40-41,43-49H2,1-3H3,(H,59,60)/b10-7-,19-16-,25-24-,33-30-,42-39-. The zero-order chi connectivity index (χ0) is 48.4. The molecule has 12 heteroatoms. The molecule has 0 radical (unpaired) electrons. The van der Waals surface area contributed by atoms with E-state index in [9.17, 15) is 28.9 Å². The monoisotopic (exact) mass is 951 g/mol. The van der Waals surface area contributed by atoms with Gasteiger partial charge in [0, 0.05) is 12.8 Å². The molecule has 3 unspecified atom stereocenters. The number of aliphatic hydroxyl groups excluding tert-OH is 1. The summed E-state index contributed by atoms with van der Waals surface area (Å²) in [4.78, 5) is 48.2. The maximum Gasteiger partial charge on any atom is 0.472 e. The minimum atomic E-state index is -4.76. The molecule has 0 bridgehead atoms. The topological polar surface area (TPSA) is 155 Å². The van der Waals surface area contributed by atoms with Gasteiger partial charge in [-0.3, -0.25) is 23.4 Å². The summed E-state index contributed by atoms with van der Waals surface area (Å²) in [5.41, 5.74) is 0. The van der Waals surface area contributed by atoms with Crippen LogP contribution in [0, 0.1) is 0 Å². The average molecular weight is 951 g/mol. The highest BCUT2D eigenvalue weighted by atomic mass is 31.2. The highest BCUT2D eigenvalue weighted by molar-refractivity contribution is 7.47. The lowest BCUT2D eigenvalue weighted by atomic mass is 10.0. The molecule has 0 saturated heterocycles. The van der Waals surface area contributed by atoms with Crippen molar-refractivity contribution in [3.63, 3.8) is 0 Å². The normalized spacial score (nSPS) is 14.0. The first kappa shape index (κ1) is 63.2. The summed E-state index contributed by atoms with van der Waals surface area (Å²) in [6, 6.07) is 0. The van der Waals surface area contributed by atoms with Gasteiger partial charge in [-0.2, -0.15) is 0 Å². The van der Waals surface area contributed by atoms with Gasteiger partial charge in [0.15, 0.2) is 6.10 Å². The highest BCUT2D eigenvalue weighted by Crippen LogP contribution is 2.43. The number of rotatable bonds is 48. The summed E-state index contributed by atoms with van der Waals surface area (Å²) in [6.45, 7) is 4.41. The van der Waals surface area contributed by atoms with Crippen LogP contribution in [-0.2, 0) is 42.2 Å². The summed E-state index contributed by atoms with van der Waals surface area (Å²) < 4.78 is 39.2. The zero-order valence-electron chi connectivity index (χ0n) is 41.9. The number of ether oxygens (including phenoxy) is 3. The van der Waals surface area contributed by atoms with Crippen molar-refractivity contribution in [1.29, 1.82) is 0 Å². The Morgan fingerprint density at radius 1 is 0.439 bits per heavy atom. The first-order valence-corrected chi connectivity index (χ1v) is 27.7. The van der Waals surface area contributed by atoms with E-state index in [0.29, 0.717) is 19.3 Å². The molecule has 0 aliphatic heterocycles. The maximum absolute atomic E-state index is 12.8. The molecular formula is C54H95O11P. The second kappa shape index (κ2) is 48.6. The number of allylic oxidation sites excluding steroid dienone is 9. The van der Waals surface area contributed by atoms with Crippen molar-refractivity contribution in [3.05, 3.63) is 60.8 Å². The molecule has 0 spiro atoms. The summed E-state index contributed by atoms with van der Waals surface area (Å²) in [5, 5.41) is 9.77. The Hall–Kier alpha value is -2.82. The Morgan fingerprint density at radius 3 is 1.20 bits per heavy atom. The number of carbonyl (C=O) groups excluding carboxylic acids is 3. The van der Waals surface area contributed by atoms with Gasteiger partial charge in [-0.25, -0.2) is 4.57 Å². The Morgan fingerprint density at radius 2 is 0.788 bits per heavy atom. The predicted octanol–water partition coefficient (Wildman–Crippen LogP) is 14.8. The molecule has 66 heavy (non-hydrogen) atoms. The molecular weight excluding hydrogens is 856 g/mol. The molecule has 0 aromatic carbocycles. The zero-order valence-corrected chi connectivity index (χ0v) is 42.8. The number of hydrogen-bond acceptors (Lipinski definition) is 10. The number of aliphatic hydroxyl groups is 1. The van der Waals surface area contributed by atoms with Crippen LogP contribution in [0.5, 0.6) is 0 Å². The van der Waals surface area contributed by atoms with Gasteiger partial charge in [-0.05, 0) is 44.9 Å². The fourth-order valence-electron chi connectivity index (χ4n) is 7.02. The molecule has 11 nitrogen and oxygen atoms in total. The third kappa shape index (κ3) is 46.3. The summed E-state index contributed by atoms with van der Waals surface area (Å²) in [7, 11) is -4.76. The van der Waals surface area contributed by atoms with Crippen molar-refractivity contribution in [3.8, 4) is 0 Å². The number of hydrogen-bond donors (Lipinski definition) is 2. The third-order valence-corrected chi connectivity index (χ3v) is 11.9. The smallest absolute Gasteiger partial charge is 0.462 e. The summed E-state index contributed by atoms with van der Waals surface area (Å²) >= 11 is 0. The van der Waals surface area contributed by atoms with Crippen LogP contribution >= 0.6 is 7.82 Å². The van der Waals surface area contributed by atoms with Crippen LogP contribution in [0.2, 0.25) is 0 Å². The first-order chi connectivity index (χ1) is 32.2. The van der Waals surface area contributed by atoms with E-state index in [0.717, 1.165) is 64.2 Å². The Kier molecular flexibility index (Phi) is 46.6. The van der Waals surface area contributed by atoms with Crippen LogP contribution in [0.1, 0.15) is 226 Å². The second-order valence-corrected chi connectivity index (χ2v) is 18.8. The summed E-state index contributed by atoms with van der Waals surface area (Å²) in [6.07, 6.45) is 50.8. The number of unbranched alkanes of at least 4 members (excludes halogenated alkanes) is 22. The van der Waals surface area contributed by atoms with Gasteiger partial charge in [0.25, 0.3) is 0 Å². The molecule has 0 aromatic rings. The van der Waals surface area contributed by atoms with E-state index < -0.39 is 57.8 Å². The van der Waals surface area contributed by atoms with E-state index in [1.54, 1.807) is 6.08 Å². The fourth-order valence-corrected chi connectivity index (χ4v) is 7.80. The molecule has 0 aliphatic carbocycles. The fraction of sp³-hybridized carbons (Fsp3) is 0.759. The van der Waals surface area contributed by atoms with Crippen LogP contribution < -0.4 is 0 Å². The second-order valence-electron chi connectivity index (χ2n) is 17.3. The van der Waals surface area contributed by atoms with Crippen molar-refractivity contribution in [2.75, 3.05) is 26.4 Å². The number of carbonyl (C=O) groups is 3. The largest absolute Gasteiger partial charge is 0.472 e. The van der Waals surface area contributed by atoms with Gasteiger partial charge >= 0.3 is 25.7 Å². The molecule has 382 valence electrons. The van der Waals surface area contributed by atoms with Crippen molar-refractivity contribution < 1.29 is 52.2 Å². The van der Waals surface area contributed by atoms with Gasteiger partial charge in [-0.1, -0.05) is 223 Å². The molecule has 0 amide bonds. The number of phosphoric ester groups is 1. The van der Waals surface area contributed by atoms with Crippen LogP contribution in [0.25, 0.3) is 0 Å². The van der Waals surface area contributed by atoms with Crippen molar-refractivity contribution in [2.45, 2.75) is 238 Å². The lowest BCUT2D eigenvalue weighted by Crippen LogP contribution is -2.30. The minimum absolute atomic E-state index is 0.0626. The lowest BCUT2D eigenvalue weighted by Gasteiger charge is -2.21. The molecule has 0 rings (SSSR count). The third-order valence-electron chi connectivity index (χ3n) is 11.0. The molecule has 0 aromatic heterocycles. The average Bonchev–Trinajstić information content (AvgIpc) is 3.30. The van der Waals surface area contributed by atoms with Crippen LogP contribution in [0.4, 0.5) is 0 Å². The Balaban J connectivity index is 4.82. The number of esters is 3. The molecule has 2 N–H and O–H groups in total. The van der Waals surface area contributed by atoms with E-state index in [2.05, 4.69) is 57.2 Å². The molecule has 0 saturated carbocycles. The van der Waals surface area contributed by atoms with E-state index in [1.807, 2.05) is 18.2 Å². The quantitative estimate of drug-likeness (QED) is 0.0197. The molecule has 0 fully saturated rings. The minimum Gasteiger partial charge on any atom is -0.462 e. The molecule has 0 aliphatic rings. The molecule has 0 heterocycles. The first-order valence-electron chi connectivity index (χ1n) is 26.2. The van der Waals surface area contributed by atoms with Crippen LogP contribution in [0.3, 0.4) is 0 Å². The highest BCUT2D eigenvalue weighted by Gasteiger charge is 2.28. The van der Waals surface area contributed by atoms with Gasteiger partial charge in [0.1, 0.15) is 12.7 Å². The van der Waals surface area contributed by atoms with E-state index in [1.165, 1.54) is 103 Å². The number of phosphoric acid groups is 1. The van der Waals surface area contributed by atoms with E-state index in [-0.39, 0.29) is 25.9 Å².